The van der Waals surface area contributed by atoms with Gasteiger partial charge in [-0.3, -0.25) is 28.8 Å². The first-order chi connectivity index (χ1) is 56.5. The molecule has 3 saturated heterocycles. The molecule has 10 atom stereocenters. The third-order valence-corrected chi connectivity index (χ3v) is 44.3. The molecule has 6 aromatic carbocycles. The van der Waals surface area contributed by atoms with E-state index in [1.165, 1.54) is 12.2 Å². The lowest BCUT2D eigenvalue weighted by Gasteiger charge is -2.53. The van der Waals surface area contributed by atoms with Gasteiger partial charge in [-0.05, 0) is 185 Å². The first-order valence-corrected chi connectivity index (χ1v) is 52.5. The molecule has 20 nitrogen and oxygen atoms in total. The van der Waals surface area contributed by atoms with Gasteiger partial charge in [-0.25, -0.2) is 9.59 Å². The Morgan fingerprint density at radius 3 is 1.15 bits per heavy atom. The summed E-state index contributed by atoms with van der Waals surface area (Å²) >= 11 is 0. The van der Waals surface area contributed by atoms with Gasteiger partial charge in [0.2, 0.25) is 23.9 Å². The Kier molecular flexibility index (Phi) is 28.6. The topological polar surface area (TPSA) is 236 Å². The Morgan fingerprint density at radius 2 is 0.802 bits per heavy atom. The van der Waals surface area contributed by atoms with Crippen LogP contribution in [0.4, 0.5) is 0 Å². The van der Waals surface area contributed by atoms with Crippen molar-refractivity contribution in [3.05, 3.63) is 223 Å². The fourth-order valence-electron chi connectivity index (χ4n) is 16.1. The van der Waals surface area contributed by atoms with Crippen LogP contribution in [0.15, 0.2) is 189 Å². The number of ether oxygens (including phenoxy) is 2. The number of hydrogen-bond acceptors (Lipinski definition) is 14. The van der Waals surface area contributed by atoms with E-state index in [9.17, 15) is 38.7 Å². The maximum atomic E-state index is 15.2. The SMILES string of the molecule is C=CCOC(=O)C(N1C(=O)[C@H]([C@@H](C)O[Si](C)(C)C(C)(C)C)[C@H]1CC(=O)c1ccc2c(c1)cc(C)n2C)=P(c1ccccc1)(c1ccccc1)c1ccccc1.C=CCOC(=O)C(O)N1C(=O)[C@H]([C@@H](C)O[Si](C)(C)C(C)(C)C)[C@H]1CC(=O)c1ccc2c(c1)cc(C)n2C.Cc1cc2cc(C(=O)C[C@H]3NC(=O)[C@@H]3[C@@H](C)O[Si](C)(C)C(C)(C)C)ccc2n1C. The maximum Gasteiger partial charge on any atom is 0.356 e. The van der Waals surface area contributed by atoms with Gasteiger partial charge in [0.1, 0.15) is 18.6 Å². The van der Waals surface area contributed by atoms with Crippen LogP contribution < -0.4 is 21.2 Å². The molecular formula is C97H127N6O14PSi3. The van der Waals surface area contributed by atoms with Crippen LogP contribution in [-0.4, -0.2) is 162 Å². The number of aryl methyl sites for hydroxylation is 6. The van der Waals surface area contributed by atoms with Crippen molar-refractivity contribution in [2.75, 3.05) is 13.2 Å². The highest BCUT2D eigenvalue weighted by Gasteiger charge is 2.59. The van der Waals surface area contributed by atoms with Crippen LogP contribution in [0.25, 0.3) is 32.7 Å². The number of carbonyl (C=O) groups excluding carboxylic acids is 8. The summed E-state index contributed by atoms with van der Waals surface area (Å²) in [5, 5.41) is 19.1. The van der Waals surface area contributed by atoms with Crippen molar-refractivity contribution in [2.45, 2.75) is 220 Å². The number of carbonyl (C=O) groups is 8. The molecule has 9 aromatic rings. The van der Waals surface area contributed by atoms with Crippen LogP contribution in [0.3, 0.4) is 0 Å². The van der Waals surface area contributed by atoms with E-state index in [4.69, 9.17) is 22.8 Å². The van der Waals surface area contributed by atoms with E-state index in [2.05, 4.69) is 153 Å². The summed E-state index contributed by atoms with van der Waals surface area (Å²) in [5.41, 5.74) is 8.50. The fraction of sp³-hybridized carbons (Fsp3) is 0.433. The van der Waals surface area contributed by atoms with E-state index in [0.29, 0.717) is 23.1 Å². The number of hydrogen-bond donors (Lipinski definition) is 2. The van der Waals surface area contributed by atoms with Gasteiger partial charge in [0.05, 0.1) is 54.2 Å². The lowest BCUT2D eigenvalue weighted by atomic mass is 9.79. The highest BCUT2D eigenvalue weighted by Crippen LogP contribution is 2.52. The van der Waals surface area contributed by atoms with E-state index >= 15 is 4.79 Å². The van der Waals surface area contributed by atoms with Gasteiger partial charge in [-0.1, -0.05) is 179 Å². The molecule has 2 N–H and O–H groups in total. The van der Waals surface area contributed by atoms with Crippen LogP contribution in [0.1, 0.15) is 151 Å². The van der Waals surface area contributed by atoms with E-state index in [1.54, 1.807) is 11.0 Å². The second-order valence-corrected chi connectivity index (χ2v) is 55.0. The van der Waals surface area contributed by atoms with Gasteiger partial charge < -0.3 is 56.7 Å². The summed E-state index contributed by atoms with van der Waals surface area (Å²) in [6.45, 7) is 48.2. The van der Waals surface area contributed by atoms with E-state index in [0.717, 1.165) is 70.6 Å². The van der Waals surface area contributed by atoms with E-state index in [1.807, 2.05) is 201 Å². The van der Waals surface area contributed by atoms with Crippen molar-refractivity contribution in [3.63, 3.8) is 0 Å². The Balaban J connectivity index is 0.000000202. The van der Waals surface area contributed by atoms with Crippen LogP contribution in [-0.2, 0) is 67.9 Å². The third kappa shape index (κ3) is 19.3. The number of aromatic nitrogens is 3. The van der Waals surface area contributed by atoms with Gasteiger partial charge >= 0.3 is 11.9 Å². The first kappa shape index (κ1) is 93.8. The summed E-state index contributed by atoms with van der Waals surface area (Å²) < 4.78 is 37.0. The zero-order chi connectivity index (χ0) is 89.3. The number of amides is 3. The number of fused-ring (bicyclic) bond motifs is 3. The standard InChI is InChI=1S/C46H53N2O5PSi.C28H40N2O6Si.C23H34N2O3Si/c1-10-28-52-45(51)44(54(36-20-14-11-15-21-36,37-22-16-12-17-23-37)38-24-18-13-19-25-38)48-40(42(43(48)50)33(3)53-55(8,9)46(4,5)6)31-41(49)34-26-27-39-35(30-34)29-32(2)47(39)7;1-10-13-35-27(34)26(33)30-22(24(25(30)32)18(3)36-37(8,9)28(4,5)6)16-23(31)19-11-12-21-20(15-19)14-17(2)29(21)7;1-14-11-17-12-16(9-10-19(17)25(14)6)20(26)13-18-21(22(27)24-18)15(2)28-29(7,8)23(3,4)5/h10-27,29-30,33,40,42H,1,28,31H2,2-9H3;10-12,14-15,18,22,24,26,33H,1,13,16H2,2-9H3;9-12,15,18,21H,13H2,1-8H3,(H,24,27)/t33-,40-,42-;18-,22-,24-,26?;15-,18-,21-/m111/s1. The summed E-state index contributed by atoms with van der Waals surface area (Å²) in [6.07, 6.45) is 0.162. The fourth-order valence-corrected chi connectivity index (χ4v) is 24.8. The summed E-state index contributed by atoms with van der Waals surface area (Å²) in [5.74, 6) is -4.11. The summed E-state index contributed by atoms with van der Waals surface area (Å²) in [7, 11) is -0.547. The van der Waals surface area contributed by atoms with Gasteiger partial charge in [-0.2, -0.15) is 0 Å². The third-order valence-electron chi connectivity index (χ3n) is 26.3. The number of benzene rings is 6. The zero-order valence-electron chi connectivity index (χ0n) is 75.4. The van der Waals surface area contributed by atoms with Crippen molar-refractivity contribution in [1.82, 2.24) is 28.8 Å². The van der Waals surface area contributed by atoms with Gasteiger partial charge in [0.25, 0.3) is 0 Å². The van der Waals surface area contributed by atoms with Crippen LogP contribution in [0, 0.1) is 38.5 Å². The van der Waals surface area contributed by atoms with Gasteiger partial charge in [0, 0.05) is 114 Å². The number of nitrogens with zero attached hydrogens (tertiary/aromatic N) is 5. The molecule has 3 aliphatic heterocycles. The number of ketones is 3. The Hall–Kier alpha value is -9.43. The molecule has 0 bridgehead atoms. The second kappa shape index (κ2) is 36.9. The normalized spacial score (nSPS) is 18.7. The number of rotatable bonds is 29. The minimum absolute atomic E-state index is 0.00443. The van der Waals surface area contributed by atoms with Crippen molar-refractivity contribution in [1.29, 1.82) is 0 Å². The molecule has 646 valence electrons. The molecule has 0 saturated carbocycles. The van der Waals surface area contributed by atoms with Crippen molar-refractivity contribution in [3.8, 4) is 0 Å². The summed E-state index contributed by atoms with van der Waals surface area (Å²) in [6, 6.07) is 51.5. The highest BCUT2D eigenvalue weighted by molar-refractivity contribution is 7.96. The highest BCUT2D eigenvalue weighted by atomic mass is 31.2. The molecular weight excluding hydrogens is 1590 g/mol. The maximum absolute atomic E-state index is 15.2. The molecule has 121 heavy (non-hydrogen) atoms. The molecule has 3 aliphatic rings. The first-order valence-electron chi connectivity index (χ1n) is 42.0. The second-order valence-electron chi connectivity index (χ2n) is 37.4. The number of aliphatic hydroxyl groups is 1. The zero-order valence-corrected chi connectivity index (χ0v) is 79.3. The Bertz CT molecular complexity index is 5350. The Labute approximate surface area is 718 Å². The molecule has 0 aliphatic carbocycles. The molecule has 12 rings (SSSR count). The number of β-lactam (4-membered cyclic amide) rings is 3. The average Bonchev–Trinajstić information content (AvgIpc) is 1.09. The van der Waals surface area contributed by atoms with E-state index in [-0.39, 0.29) is 93.8 Å². The smallest absolute Gasteiger partial charge is 0.356 e. The van der Waals surface area contributed by atoms with Crippen LogP contribution in [0.5, 0.6) is 0 Å². The Morgan fingerprint density at radius 1 is 0.471 bits per heavy atom. The predicted octanol–water partition coefficient (Wildman–Crippen LogP) is 17.1. The largest absolute Gasteiger partial charge is 0.458 e. The van der Waals surface area contributed by atoms with Crippen LogP contribution in [0.2, 0.25) is 54.4 Å². The van der Waals surface area contributed by atoms with Crippen molar-refractivity contribution < 1.29 is 66.2 Å². The molecule has 24 heteroatoms. The number of likely N-dealkylation sites (tertiary alicyclic amines) is 2. The van der Waals surface area contributed by atoms with Gasteiger partial charge in [-0.15, -0.1) is 0 Å². The van der Waals surface area contributed by atoms with Crippen molar-refractivity contribution >= 4 is 133 Å². The monoisotopic (exact) mass is 1710 g/mol. The molecule has 3 fully saturated rings. The lowest BCUT2D eigenvalue weighted by Crippen LogP contribution is -2.70. The molecule has 0 radical (unpaired) electrons. The summed E-state index contributed by atoms with van der Waals surface area (Å²) in [4.78, 5) is 112. The lowest BCUT2D eigenvalue weighted by molar-refractivity contribution is -0.195. The number of Topliss-reactive ketones (excluding diaryl/α,β-unsaturated/α-hetero) is 3. The minimum atomic E-state index is -3.16. The molecule has 0 spiro atoms. The van der Waals surface area contributed by atoms with Crippen molar-refractivity contribution in [2.24, 2.45) is 38.9 Å². The number of aliphatic hydroxyl groups excluding tert-OH is 1. The number of nitrogens with one attached hydrogen (secondary N) is 1. The van der Waals surface area contributed by atoms with Gasteiger partial charge in [0.15, 0.2) is 42.3 Å². The average molecular weight is 1720 g/mol. The quantitative estimate of drug-likeness (QED) is 0.0111. The van der Waals surface area contributed by atoms with E-state index < -0.39 is 92.0 Å². The van der Waals surface area contributed by atoms with Crippen LogP contribution >= 0.6 is 6.89 Å². The predicted molar refractivity (Wildman–Crippen MR) is 495 cm³/mol. The molecule has 1 unspecified atom stereocenters. The number of esters is 2. The molecule has 3 amide bonds. The minimum Gasteiger partial charge on any atom is -0.458 e. The molecule has 3 aromatic heterocycles. The molecule has 6 heterocycles.